The molecule has 1 amide bonds. The van der Waals surface area contributed by atoms with Crippen LogP contribution in [0, 0.1) is 12.3 Å². The highest BCUT2D eigenvalue weighted by Gasteiger charge is 2.45. The van der Waals surface area contributed by atoms with E-state index in [1.54, 1.807) is 12.1 Å². The molecule has 3 fully saturated rings. The van der Waals surface area contributed by atoms with Gasteiger partial charge in [0.15, 0.2) is 0 Å². The maximum atomic E-state index is 14.1. The number of hydrogen-bond donors (Lipinski definition) is 1. The first kappa shape index (κ1) is 32.5. The Bertz CT molecular complexity index is 1530. The molecule has 0 radical (unpaired) electrons. The fraction of sp³-hybridized carbons (Fsp3) is 0.595. The van der Waals surface area contributed by atoms with Gasteiger partial charge in [-0.05, 0) is 74.4 Å². The topological polar surface area (TPSA) is 91.3 Å². The second-order valence-corrected chi connectivity index (χ2v) is 13.5. The van der Waals surface area contributed by atoms with E-state index in [0.717, 1.165) is 105 Å². The Labute approximate surface area is 273 Å². The molecule has 1 aromatic heterocycles. The molecule has 7 rings (SSSR count). The van der Waals surface area contributed by atoms with Gasteiger partial charge in [0.25, 0.3) is 5.91 Å². The van der Waals surface area contributed by atoms with Gasteiger partial charge in [0.2, 0.25) is 0 Å². The molecule has 2 aromatic carbocycles. The monoisotopic (exact) mass is 629 g/mol. The molecule has 4 heterocycles. The number of aromatic hydroxyl groups is 1. The van der Waals surface area contributed by atoms with Gasteiger partial charge >= 0.3 is 6.01 Å². The summed E-state index contributed by atoms with van der Waals surface area (Å²) in [6.07, 6.45) is 8.07. The van der Waals surface area contributed by atoms with E-state index in [1.165, 1.54) is 12.8 Å². The fourth-order valence-corrected chi connectivity index (χ4v) is 7.36. The number of amides is 1. The van der Waals surface area contributed by atoms with Gasteiger partial charge in [0, 0.05) is 49.8 Å². The van der Waals surface area contributed by atoms with Crippen molar-refractivity contribution >= 4 is 22.5 Å². The van der Waals surface area contributed by atoms with Gasteiger partial charge in [0.05, 0.1) is 37.6 Å². The second-order valence-electron chi connectivity index (χ2n) is 13.5. The molecule has 1 unspecified atom stereocenters. The molecule has 4 aliphatic rings. The number of phenols is 1. The Kier molecular flexibility index (Phi) is 9.99. The van der Waals surface area contributed by atoms with E-state index in [4.69, 9.17) is 19.4 Å². The molecule has 1 N–H and O–H groups in total. The zero-order valence-corrected chi connectivity index (χ0v) is 28.2. The summed E-state index contributed by atoms with van der Waals surface area (Å²) < 4.78 is 12.1. The molecule has 3 aliphatic heterocycles. The van der Waals surface area contributed by atoms with Crippen molar-refractivity contribution in [2.45, 2.75) is 91.8 Å². The molecule has 9 nitrogen and oxygen atoms in total. The van der Waals surface area contributed by atoms with Crippen molar-refractivity contribution in [2.75, 3.05) is 50.9 Å². The molecule has 1 atom stereocenters. The zero-order valence-electron chi connectivity index (χ0n) is 28.2. The van der Waals surface area contributed by atoms with E-state index in [2.05, 4.69) is 16.7 Å². The number of carbonyl (C=O) groups excluding carboxylic acids is 1. The summed E-state index contributed by atoms with van der Waals surface area (Å²) >= 11 is 0. The van der Waals surface area contributed by atoms with E-state index in [1.807, 2.05) is 43.9 Å². The number of anilines is 1. The molecule has 0 spiro atoms. The lowest BCUT2D eigenvalue weighted by atomic mass is 9.98. The van der Waals surface area contributed by atoms with Crippen LogP contribution in [0.3, 0.4) is 0 Å². The summed E-state index contributed by atoms with van der Waals surface area (Å²) in [7, 11) is 0. The number of aromatic nitrogens is 2. The number of ether oxygens (including phenoxy) is 2. The number of rotatable bonds is 7. The largest absolute Gasteiger partial charge is 0.508 e. The summed E-state index contributed by atoms with van der Waals surface area (Å²) in [6.45, 7) is 15.4. The van der Waals surface area contributed by atoms with Crippen LogP contribution in [-0.4, -0.2) is 82.8 Å². The van der Waals surface area contributed by atoms with Crippen LogP contribution < -0.4 is 9.64 Å². The highest BCUT2D eigenvalue weighted by Crippen LogP contribution is 2.47. The SMILES string of the molecule is CC.Cc1cccc2cc(O)cc(C(=O)N3Cc4nc(OCC5(CN6CCCOCC6)CC5)nc(N5CCCCCC5C)c4C3)c12. The van der Waals surface area contributed by atoms with Gasteiger partial charge in [-0.15, -0.1) is 0 Å². The number of carbonyl (C=O) groups is 1. The smallest absolute Gasteiger partial charge is 0.318 e. The van der Waals surface area contributed by atoms with Crippen molar-refractivity contribution < 1.29 is 19.4 Å². The van der Waals surface area contributed by atoms with E-state index in [0.29, 0.717) is 37.3 Å². The number of phenolic OH excluding ortho intramolecular Hbond substituents is 1. The molecule has 0 bridgehead atoms. The van der Waals surface area contributed by atoms with Crippen molar-refractivity contribution in [3.05, 3.63) is 52.7 Å². The van der Waals surface area contributed by atoms with Crippen LogP contribution in [0.2, 0.25) is 0 Å². The average molecular weight is 630 g/mol. The molecule has 248 valence electrons. The minimum atomic E-state index is -0.103. The van der Waals surface area contributed by atoms with Gasteiger partial charge < -0.3 is 29.3 Å². The summed E-state index contributed by atoms with van der Waals surface area (Å²) in [5, 5.41) is 12.2. The van der Waals surface area contributed by atoms with Crippen molar-refractivity contribution in [1.29, 1.82) is 0 Å². The Hall–Kier alpha value is -3.43. The van der Waals surface area contributed by atoms with Crippen LogP contribution in [0.4, 0.5) is 5.82 Å². The number of fused-ring (bicyclic) bond motifs is 2. The first-order chi connectivity index (χ1) is 22.4. The average Bonchev–Trinajstić information content (AvgIpc) is 3.80. The van der Waals surface area contributed by atoms with E-state index in [9.17, 15) is 9.90 Å². The fourth-order valence-electron chi connectivity index (χ4n) is 7.36. The van der Waals surface area contributed by atoms with Gasteiger partial charge in [-0.1, -0.05) is 44.9 Å². The van der Waals surface area contributed by atoms with Crippen molar-refractivity contribution in [2.24, 2.45) is 5.41 Å². The minimum absolute atomic E-state index is 0.0967. The van der Waals surface area contributed by atoms with Crippen LogP contribution in [0.1, 0.15) is 92.9 Å². The number of nitrogens with zero attached hydrogens (tertiary/aromatic N) is 5. The van der Waals surface area contributed by atoms with Crippen molar-refractivity contribution in [3.63, 3.8) is 0 Å². The highest BCUT2D eigenvalue weighted by atomic mass is 16.5. The predicted molar refractivity (Wildman–Crippen MR) is 182 cm³/mol. The van der Waals surface area contributed by atoms with Crippen LogP contribution in [-0.2, 0) is 17.8 Å². The summed E-state index contributed by atoms with van der Waals surface area (Å²) in [6, 6.07) is 10.0. The van der Waals surface area contributed by atoms with Crippen molar-refractivity contribution in [3.8, 4) is 11.8 Å². The quantitative estimate of drug-likeness (QED) is 0.318. The summed E-state index contributed by atoms with van der Waals surface area (Å²) in [5.41, 5.74) is 3.57. The minimum Gasteiger partial charge on any atom is -0.508 e. The normalized spacial score (nSPS) is 21.2. The molecular formula is C37H51N5O4. The molecule has 9 heteroatoms. The molecular weight excluding hydrogens is 578 g/mol. The molecule has 2 saturated heterocycles. The van der Waals surface area contributed by atoms with Gasteiger partial charge in [-0.25, -0.2) is 0 Å². The lowest BCUT2D eigenvalue weighted by Gasteiger charge is -2.30. The second kappa shape index (κ2) is 14.1. The third-order valence-corrected chi connectivity index (χ3v) is 10.1. The Morgan fingerprint density at radius 3 is 2.72 bits per heavy atom. The molecule has 3 aromatic rings. The molecule has 1 aliphatic carbocycles. The molecule has 46 heavy (non-hydrogen) atoms. The third-order valence-electron chi connectivity index (χ3n) is 10.1. The number of hydrogen-bond acceptors (Lipinski definition) is 8. The van der Waals surface area contributed by atoms with Gasteiger partial charge in [0.1, 0.15) is 11.6 Å². The lowest BCUT2D eigenvalue weighted by Crippen LogP contribution is -2.36. The standard InChI is InChI=1S/C35H45N5O4.C2H6/c1-24-8-6-10-26-18-27(41)19-28(31(24)26)33(42)39-20-29-30(21-39)36-34(37-32(29)40-14-5-3-4-9-25(40)2)44-23-35(11-12-35)22-38-13-7-16-43-17-15-38;1-2/h6,8,10,18-19,25,41H,3-5,7,9,11-17,20-23H2,1-2H3;1-2H3. The maximum absolute atomic E-state index is 14.1. The van der Waals surface area contributed by atoms with Crippen LogP contribution >= 0.6 is 0 Å². The van der Waals surface area contributed by atoms with Crippen LogP contribution in [0.5, 0.6) is 11.8 Å². The van der Waals surface area contributed by atoms with Gasteiger partial charge in [-0.2, -0.15) is 9.97 Å². The van der Waals surface area contributed by atoms with Crippen LogP contribution in [0.25, 0.3) is 10.8 Å². The number of benzene rings is 2. The lowest BCUT2D eigenvalue weighted by molar-refractivity contribution is 0.0752. The Morgan fingerprint density at radius 2 is 1.89 bits per heavy atom. The van der Waals surface area contributed by atoms with Crippen LogP contribution in [0.15, 0.2) is 30.3 Å². The predicted octanol–water partition coefficient (Wildman–Crippen LogP) is 6.48. The van der Waals surface area contributed by atoms with E-state index < -0.39 is 0 Å². The first-order valence-corrected chi connectivity index (χ1v) is 17.5. The van der Waals surface area contributed by atoms with Gasteiger partial charge in [-0.3, -0.25) is 4.79 Å². The highest BCUT2D eigenvalue weighted by molar-refractivity contribution is 6.09. The maximum Gasteiger partial charge on any atom is 0.318 e. The Morgan fingerprint density at radius 1 is 1.04 bits per heavy atom. The number of aryl methyl sites for hydroxylation is 1. The zero-order chi connectivity index (χ0) is 32.3. The van der Waals surface area contributed by atoms with E-state index >= 15 is 0 Å². The Balaban J connectivity index is 0.00000182. The third kappa shape index (κ3) is 6.95. The van der Waals surface area contributed by atoms with Crippen molar-refractivity contribution in [1.82, 2.24) is 19.8 Å². The molecule has 1 saturated carbocycles. The summed E-state index contributed by atoms with van der Waals surface area (Å²) in [5.74, 6) is 0.912. The van der Waals surface area contributed by atoms with E-state index in [-0.39, 0.29) is 17.1 Å². The summed E-state index contributed by atoms with van der Waals surface area (Å²) in [4.78, 5) is 30.9. The first-order valence-electron chi connectivity index (χ1n) is 17.5.